The van der Waals surface area contributed by atoms with Crippen LogP contribution in [-0.4, -0.2) is 5.78 Å². The van der Waals surface area contributed by atoms with Crippen LogP contribution in [0.25, 0.3) is 11.1 Å². The predicted octanol–water partition coefficient (Wildman–Crippen LogP) is 3.97. The van der Waals surface area contributed by atoms with Crippen molar-refractivity contribution in [1.29, 1.82) is 0 Å². The van der Waals surface area contributed by atoms with Crippen LogP contribution in [-0.2, 0) is 19.3 Å². The zero-order valence-electron chi connectivity index (χ0n) is 10.9. The van der Waals surface area contributed by atoms with Gasteiger partial charge in [-0.25, -0.2) is 0 Å². The lowest BCUT2D eigenvalue weighted by molar-refractivity contribution is 0.0994. The molecule has 0 fully saturated rings. The molecule has 0 atom stereocenters. The molecule has 1 heteroatoms. The van der Waals surface area contributed by atoms with E-state index in [0.29, 0.717) is 12.2 Å². The van der Waals surface area contributed by atoms with Gasteiger partial charge in [0.25, 0.3) is 0 Å². The number of fused-ring (bicyclic) bond motifs is 2. The molecule has 0 spiro atoms. The highest BCUT2D eigenvalue weighted by Crippen LogP contribution is 2.34. The lowest BCUT2D eigenvalue weighted by Crippen LogP contribution is -1.93. The Balaban J connectivity index is 1.88. The molecule has 1 nitrogen and oxygen atoms in total. The van der Waals surface area contributed by atoms with Crippen molar-refractivity contribution in [2.24, 2.45) is 0 Å². The zero-order chi connectivity index (χ0) is 12.8. The van der Waals surface area contributed by atoms with Gasteiger partial charge >= 0.3 is 0 Å². The van der Waals surface area contributed by atoms with Gasteiger partial charge in [0, 0.05) is 12.0 Å². The number of hydrogen-bond acceptors (Lipinski definition) is 1. The minimum absolute atomic E-state index is 0.304. The molecule has 0 aromatic heterocycles. The maximum Gasteiger partial charge on any atom is 0.163 e. The van der Waals surface area contributed by atoms with Gasteiger partial charge in [-0.1, -0.05) is 36.4 Å². The van der Waals surface area contributed by atoms with E-state index in [0.717, 1.165) is 12.0 Å². The van der Waals surface area contributed by atoms with Crippen molar-refractivity contribution in [2.45, 2.75) is 32.1 Å². The topological polar surface area (TPSA) is 17.1 Å². The van der Waals surface area contributed by atoms with Crippen LogP contribution in [0, 0.1) is 0 Å². The number of Topliss-reactive ketones (excluding diaryl/α,β-unsaturated/α-hetero) is 1. The van der Waals surface area contributed by atoms with Gasteiger partial charge in [0.05, 0.1) is 0 Å². The quantitative estimate of drug-likeness (QED) is 0.746. The van der Waals surface area contributed by atoms with E-state index in [2.05, 4.69) is 24.3 Å². The van der Waals surface area contributed by atoms with Crippen molar-refractivity contribution in [1.82, 2.24) is 0 Å². The number of carbonyl (C=O) groups excluding carboxylic acids is 1. The first-order valence-corrected chi connectivity index (χ1v) is 7.10. The first-order valence-electron chi connectivity index (χ1n) is 7.10. The van der Waals surface area contributed by atoms with Crippen molar-refractivity contribution in [3.8, 4) is 11.1 Å². The van der Waals surface area contributed by atoms with Crippen LogP contribution in [0.5, 0.6) is 0 Å². The van der Waals surface area contributed by atoms with E-state index < -0.39 is 0 Å². The molecule has 19 heavy (non-hydrogen) atoms. The van der Waals surface area contributed by atoms with Crippen LogP contribution in [0.15, 0.2) is 36.4 Å². The Morgan fingerprint density at radius 3 is 2.58 bits per heavy atom. The van der Waals surface area contributed by atoms with E-state index in [1.165, 1.54) is 47.1 Å². The first-order chi connectivity index (χ1) is 9.33. The highest BCUT2D eigenvalue weighted by molar-refractivity contribution is 6.02. The highest BCUT2D eigenvalue weighted by Gasteiger charge is 2.22. The Hall–Kier alpha value is -1.89. The fourth-order valence-corrected chi connectivity index (χ4v) is 3.50. The molecule has 2 aromatic rings. The summed E-state index contributed by atoms with van der Waals surface area (Å²) in [6.07, 6.45) is 5.29. The first kappa shape index (κ1) is 11.0. The second-order valence-electron chi connectivity index (χ2n) is 5.59. The second kappa shape index (κ2) is 4.06. The number of rotatable bonds is 1. The van der Waals surface area contributed by atoms with E-state index in [1.54, 1.807) is 0 Å². The van der Waals surface area contributed by atoms with Gasteiger partial charge < -0.3 is 0 Å². The molecule has 0 unspecified atom stereocenters. The summed E-state index contributed by atoms with van der Waals surface area (Å²) >= 11 is 0. The van der Waals surface area contributed by atoms with Crippen LogP contribution >= 0.6 is 0 Å². The van der Waals surface area contributed by atoms with Crippen molar-refractivity contribution in [3.05, 3.63) is 58.7 Å². The van der Waals surface area contributed by atoms with Crippen molar-refractivity contribution < 1.29 is 4.79 Å². The third-order valence-corrected chi connectivity index (χ3v) is 4.49. The van der Waals surface area contributed by atoms with Crippen molar-refractivity contribution in [3.63, 3.8) is 0 Å². The standard InChI is InChI=1S/C18H16O/c19-18-10-9-16-15(5-2-6-17(16)18)14-8-7-12-3-1-4-13(12)11-14/h2,5-8,11H,1,3-4,9-10H2. The fraction of sp³-hybridized carbons (Fsp3) is 0.278. The van der Waals surface area contributed by atoms with Gasteiger partial charge in [-0.05, 0) is 53.5 Å². The minimum atomic E-state index is 0.304. The van der Waals surface area contributed by atoms with E-state index in [1.807, 2.05) is 12.1 Å². The van der Waals surface area contributed by atoms with Crippen LogP contribution in [0.3, 0.4) is 0 Å². The molecule has 0 radical (unpaired) electrons. The predicted molar refractivity (Wildman–Crippen MR) is 76.6 cm³/mol. The van der Waals surface area contributed by atoms with Crippen molar-refractivity contribution in [2.75, 3.05) is 0 Å². The molecule has 2 aliphatic carbocycles. The molecule has 4 rings (SSSR count). The highest BCUT2D eigenvalue weighted by atomic mass is 16.1. The van der Waals surface area contributed by atoms with Crippen LogP contribution < -0.4 is 0 Å². The molecular formula is C18H16O. The van der Waals surface area contributed by atoms with Crippen LogP contribution in [0.2, 0.25) is 0 Å². The summed E-state index contributed by atoms with van der Waals surface area (Å²) in [5.41, 5.74) is 7.75. The summed E-state index contributed by atoms with van der Waals surface area (Å²) in [7, 11) is 0. The molecule has 2 aliphatic rings. The zero-order valence-corrected chi connectivity index (χ0v) is 10.9. The summed E-state index contributed by atoms with van der Waals surface area (Å²) in [4.78, 5) is 11.8. The Morgan fingerprint density at radius 1 is 0.789 bits per heavy atom. The van der Waals surface area contributed by atoms with E-state index in [4.69, 9.17) is 0 Å². The molecular weight excluding hydrogens is 232 g/mol. The molecule has 0 saturated carbocycles. The van der Waals surface area contributed by atoms with Gasteiger partial charge in [-0.2, -0.15) is 0 Å². The van der Waals surface area contributed by atoms with Gasteiger partial charge in [-0.3, -0.25) is 4.79 Å². The average molecular weight is 248 g/mol. The van der Waals surface area contributed by atoms with Crippen LogP contribution in [0.1, 0.15) is 39.9 Å². The van der Waals surface area contributed by atoms with Gasteiger partial charge in [0.15, 0.2) is 5.78 Å². The third kappa shape index (κ3) is 1.65. The van der Waals surface area contributed by atoms with Gasteiger partial charge in [0.1, 0.15) is 0 Å². The summed E-state index contributed by atoms with van der Waals surface area (Å²) in [5, 5.41) is 0. The van der Waals surface area contributed by atoms with E-state index in [9.17, 15) is 4.79 Å². The second-order valence-corrected chi connectivity index (χ2v) is 5.59. The van der Waals surface area contributed by atoms with Gasteiger partial charge in [0.2, 0.25) is 0 Å². The summed E-state index contributed by atoms with van der Waals surface area (Å²) < 4.78 is 0. The molecule has 2 aromatic carbocycles. The maximum absolute atomic E-state index is 11.8. The normalized spacial score (nSPS) is 16.5. The third-order valence-electron chi connectivity index (χ3n) is 4.49. The minimum Gasteiger partial charge on any atom is -0.294 e. The molecule has 94 valence electrons. The number of hydrogen-bond donors (Lipinski definition) is 0. The number of carbonyl (C=O) groups is 1. The van der Waals surface area contributed by atoms with Crippen molar-refractivity contribution >= 4 is 5.78 Å². The average Bonchev–Trinajstić information content (AvgIpc) is 3.05. The smallest absolute Gasteiger partial charge is 0.163 e. The SMILES string of the molecule is O=C1CCc2c1cccc2-c1ccc2c(c1)CCC2. The molecule has 0 amide bonds. The summed E-state index contributed by atoms with van der Waals surface area (Å²) in [5.74, 6) is 0.304. The van der Waals surface area contributed by atoms with E-state index in [-0.39, 0.29) is 0 Å². The largest absolute Gasteiger partial charge is 0.294 e. The number of aryl methyl sites for hydroxylation is 2. The van der Waals surface area contributed by atoms with Crippen LogP contribution in [0.4, 0.5) is 0 Å². The molecule has 0 N–H and O–H groups in total. The summed E-state index contributed by atoms with van der Waals surface area (Å²) in [6.45, 7) is 0. The Labute approximate surface area is 113 Å². The molecule has 0 aliphatic heterocycles. The van der Waals surface area contributed by atoms with Gasteiger partial charge in [-0.15, -0.1) is 0 Å². The number of ketones is 1. The molecule has 0 saturated heterocycles. The lowest BCUT2D eigenvalue weighted by Gasteiger charge is -2.10. The van der Waals surface area contributed by atoms with E-state index >= 15 is 0 Å². The Bertz CT molecular complexity index is 682. The molecule has 0 heterocycles. The fourth-order valence-electron chi connectivity index (χ4n) is 3.50. The molecule has 0 bridgehead atoms. The lowest BCUT2D eigenvalue weighted by atomic mass is 9.94. The number of benzene rings is 2. The Kier molecular flexibility index (Phi) is 2.34. The monoisotopic (exact) mass is 248 g/mol. The Morgan fingerprint density at radius 2 is 1.63 bits per heavy atom. The maximum atomic E-state index is 11.8. The summed E-state index contributed by atoms with van der Waals surface area (Å²) in [6, 6.07) is 13.0.